The molecule has 0 spiro atoms. The van der Waals surface area contributed by atoms with E-state index in [-0.39, 0.29) is 0 Å². The minimum Gasteiger partial charge on any atom is -0.486 e. The van der Waals surface area contributed by atoms with Gasteiger partial charge < -0.3 is 10.5 Å². The molecule has 0 unspecified atom stereocenters. The van der Waals surface area contributed by atoms with Crippen molar-refractivity contribution in [2.75, 3.05) is 5.73 Å². The van der Waals surface area contributed by atoms with Gasteiger partial charge >= 0.3 is 0 Å². The van der Waals surface area contributed by atoms with Gasteiger partial charge in [0.05, 0.1) is 0 Å². The second-order valence-corrected chi connectivity index (χ2v) is 5.22. The molecule has 90 valence electrons. The fourth-order valence-electron chi connectivity index (χ4n) is 1.58. The van der Waals surface area contributed by atoms with Crippen LogP contribution in [0.5, 0.6) is 5.75 Å². The van der Waals surface area contributed by atoms with Crippen molar-refractivity contribution in [3.63, 3.8) is 0 Å². The number of nitrogen functional groups attached to an aromatic ring is 1. The summed E-state index contributed by atoms with van der Waals surface area (Å²) in [5.74, 6) is 0.836. The van der Waals surface area contributed by atoms with Gasteiger partial charge in [-0.25, -0.2) is 0 Å². The molecule has 2 aromatic rings. The number of aromatic nitrogens is 2. The number of hydrogen-bond donors (Lipinski definition) is 1. The second kappa shape index (κ2) is 4.89. The van der Waals surface area contributed by atoms with Crippen LogP contribution in [0.15, 0.2) is 12.1 Å². The SMILES string of the molecule is Cc1cc(Cl)cc(C)c1OCc1nnc(N)s1. The number of rotatable bonds is 3. The third kappa shape index (κ3) is 2.87. The number of anilines is 1. The van der Waals surface area contributed by atoms with Gasteiger partial charge in [-0.2, -0.15) is 0 Å². The van der Waals surface area contributed by atoms with E-state index in [2.05, 4.69) is 10.2 Å². The molecule has 0 radical (unpaired) electrons. The van der Waals surface area contributed by atoms with E-state index in [9.17, 15) is 0 Å². The minimum absolute atomic E-state index is 0.373. The number of benzene rings is 1. The van der Waals surface area contributed by atoms with Crippen molar-refractivity contribution < 1.29 is 4.74 Å². The molecular formula is C11H12ClN3OS. The van der Waals surface area contributed by atoms with Gasteiger partial charge in [0.25, 0.3) is 0 Å². The number of hydrogen-bond acceptors (Lipinski definition) is 5. The van der Waals surface area contributed by atoms with Gasteiger partial charge in [0, 0.05) is 5.02 Å². The standard InChI is InChI=1S/C11H12ClN3OS/c1-6-3-8(12)4-7(2)10(6)16-5-9-14-15-11(13)17-9/h3-4H,5H2,1-2H3,(H2,13,15). The van der Waals surface area contributed by atoms with E-state index < -0.39 is 0 Å². The topological polar surface area (TPSA) is 61.0 Å². The summed E-state index contributed by atoms with van der Waals surface area (Å²) >= 11 is 7.28. The zero-order valence-electron chi connectivity index (χ0n) is 9.53. The van der Waals surface area contributed by atoms with Crippen molar-refractivity contribution in [1.82, 2.24) is 10.2 Å². The van der Waals surface area contributed by atoms with Gasteiger partial charge in [-0.15, -0.1) is 10.2 Å². The molecule has 1 aromatic carbocycles. The molecule has 6 heteroatoms. The molecule has 2 N–H and O–H groups in total. The Morgan fingerprint density at radius 1 is 1.29 bits per heavy atom. The summed E-state index contributed by atoms with van der Waals surface area (Å²) in [5.41, 5.74) is 7.51. The monoisotopic (exact) mass is 269 g/mol. The van der Waals surface area contributed by atoms with Gasteiger partial charge in [0.2, 0.25) is 5.13 Å². The Morgan fingerprint density at radius 2 is 1.94 bits per heavy atom. The number of nitrogens with two attached hydrogens (primary N) is 1. The zero-order valence-corrected chi connectivity index (χ0v) is 11.1. The molecule has 17 heavy (non-hydrogen) atoms. The predicted molar refractivity (Wildman–Crippen MR) is 69.6 cm³/mol. The summed E-state index contributed by atoms with van der Waals surface area (Å²) in [7, 11) is 0. The van der Waals surface area contributed by atoms with Gasteiger partial charge in [0.15, 0.2) is 5.01 Å². The largest absolute Gasteiger partial charge is 0.486 e. The third-order valence-electron chi connectivity index (χ3n) is 2.25. The summed E-state index contributed by atoms with van der Waals surface area (Å²) in [4.78, 5) is 0. The van der Waals surface area contributed by atoms with Crippen LogP contribution in [-0.4, -0.2) is 10.2 Å². The van der Waals surface area contributed by atoms with Gasteiger partial charge in [-0.1, -0.05) is 22.9 Å². The Labute approximate surface area is 108 Å². The van der Waals surface area contributed by atoms with Crippen molar-refractivity contribution in [3.8, 4) is 5.75 Å². The van der Waals surface area contributed by atoms with Crippen molar-refractivity contribution >= 4 is 28.1 Å². The molecule has 2 rings (SSSR count). The Morgan fingerprint density at radius 3 is 2.47 bits per heavy atom. The maximum absolute atomic E-state index is 5.95. The van der Waals surface area contributed by atoms with Crippen LogP contribution < -0.4 is 10.5 Å². The number of nitrogens with zero attached hydrogens (tertiary/aromatic N) is 2. The van der Waals surface area contributed by atoms with E-state index in [1.165, 1.54) is 11.3 Å². The van der Waals surface area contributed by atoms with Crippen LogP contribution in [0.4, 0.5) is 5.13 Å². The van der Waals surface area contributed by atoms with Crippen molar-refractivity contribution in [2.24, 2.45) is 0 Å². The highest BCUT2D eigenvalue weighted by Gasteiger charge is 2.08. The van der Waals surface area contributed by atoms with E-state index >= 15 is 0 Å². The lowest BCUT2D eigenvalue weighted by Gasteiger charge is -2.11. The van der Waals surface area contributed by atoms with Crippen molar-refractivity contribution in [1.29, 1.82) is 0 Å². The summed E-state index contributed by atoms with van der Waals surface area (Å²) in [6, 6.07) is 3.75. The first-order valence-electron chi connectivity index (χ1n) is 5.03. The highest BCUT2D eigenvalue weighted by atomic mass is 35.5. The summed E-state index contributed by atoms with van der Waals surface area (Å²) in [6.45, 7) is 4.30. The number of halogens is 1. The summed E-state index contributed by atoms with van der Waals surface area (Å²) in [6.07, 6.45) is 0. The summed E-state index contributed by atoms with van der Waals surface area (Å²) < 4.78 is 5.72. The van der Waals surface area contributed by atoms with Gasteiger partial charge in [-0.05, 0) is 37.1 Å². The van der Waals surface area contributed by atoms with Crippen LogP contribution in [-0.2, 0) is 6.61 Å². The lowest BCUT2D eigenvalue weighted by Crippen LogP contribution is -1.98. The molecule has 0 saturated carbocycles. The Balaban J connectivity index is 2.14. The lowest BCUT2D eigenvalue weighted by atomic mass is 10.1. The van der Waals surface area contributed by atoms with Gasteiger partial charge in [0.1, 0.15) is 12.4 Å². The molecule has 0 fully saturated rings. The molecule has 1 heterocycles. The third-order valence-corrected chi connectivity index (χ3v) is 3.19. The number of aryl methyl sites for hydroxylation is 2. The average Bonchev–Trinajstić information content (AvgIpc) is 2.62. The van der Waals surface area contributed by atoms with Gasteiger partial charge in [-0.3, -0.25) is 0 Å². The maximum Gasteiger partial charge on any atom is 0.203 e. The smallest absolute Gasteiger partial charge is 0.203 e. The number of ether oxygens (including phenoxy) is 1. The van der Waals surface area contributed by atoms with Crippen LogP contribution in [0.3, 0.4) is 0 Å². The van der Waals surface area contributed by atoms with E-state index in [1.807, 2.05) is 26.0 Å². The molecule has 4 nitrogen and oxygen atoms in total. The van der Waals surface area contributed by atoms with Crippen LogP contribution in [0, 0.1) is 13.8 Å². The molecule has 0 atom stereocenters. The van der Waals surface area contributed by atoms with Crippen molar-refractivity contribution in [2.45, 2.75) is 20.5 Å². The Bertz CT molecular complexity index is 518. The first-order chi connectivity index (χ1) is 8.06. The van der Waals surface area contributed by atoms with E-state index in [0.717, 1.165) is 21.9 Å². The average molecular weight is 270 g/mol. The molecule has 0 bridgehead atoms. The maximum atomic E-state index is 5.95. The Kier molecular flexibility index (Phi) is 3.49. The van der Waals surface area contributed by atoms with E-state index in [4.69, 9.17) is 22.1 Å². The molecular weight excluding hydrogens is 258 g/mol. The molecule has 0 amide bonds. The zero-order chi connectivity index (χ0) is 12.4. The molecule has 0 aliphatic carbocycles. The van der Waals surface area contributed by atoms with Crippen LogP contribution in [0.25, 0.3) is 0 Å². The van der Waals surface area contributed by atoms with Crippen molar-refractivity contribution in [3.05, 3.63) is 33.3 Å². The van der Waals surface area contributed by atoms with E-state index in [0.29, 0.717) is 16.8 Å². The minimum atomic E-state index is 0.373. The summed E-state index contributed by atoms with van der Waals surface area (Å²) in [5, 5.41) is 9.56. The lowest BCUT2D eigenvalue weighted by molar-refractivity contribution is 0.300. The second-order valence-electron chi connectivity index (χ2n) is 3.69. The highest BCUT2D eigenvalue weighted by molar-refractivity contribution is 7.15. The Hall–Kier alpha value is -1.33. The molecule has 1 aromatic heterocycles. The fraction of sp³-hybridized carbons (Fsp3) is 0.273. The van der Waals surface area contributed by atoms with Crippen LogP contribution >= 0.6 is 22.9 Å². The quantitative estimate of drug-likeness (QED) is 0.931. The first kappa shape index (κ1) is 12.1. The molecule has 0 aliphatic heterocycles. The normalized spacial score (nSPS) is 10.5. The first-order valence-corrected chi connectivity index (χ1v) is 6.23. The molecule has 0 saturated heterocycles. The predicted octanol–water partition coefficient (Wildman–Crippen LogP) is 2.97. The van der Waals surface area contributed by atoms with E-state index in [1.54, 1.807) is 0 Å². The highest BCUT2D eigenvalue weighted by Crippen LogP contribution is 2.28. The fourth-order valence-corrected chi connectivity index (χ4v) is 2.43. The molecule has 0 aliphatic rings. The van der Waals surface area contributed by atoms with Crippen LogP contribution in [0.2, 0.25) is 5.02 Å². The van der Waals surface area contributed by atoms with Crippen LogP contribution in [0.1, 0.15) is 16.1 Å².